The van der Waals surface area contributed by atoms with Gasteiger partial charge in [0.05, 0.1) is 49.3 Å². The summed E-state index contributed by atoms with van der Waals surface area (Å²) in [5, 5.41) is 0. The molecule has 0 atom stereocenters. The monoisotopic (exact) mass is 857 g/mol. The maximum Gasteiger partial charge on any atom is 0.508 e. The molecular weight excluding hydrogens is 747 g/mol. The summed E-state index contributed by atoms with van der Waals surface area (Å²) >= 11 is 0. The third-order valence-electron chi connectivity index (χ3n) is 13.5. The highest BCUT2D eigenvalue weighted by molar-refractivity contribution is 7.76. The quantitative estimate of drug-likeness (QED) is 0.0347. The fraction of sp³-hybridized carbons (Fsp3) is 0.981. The van der Waals surface area contributed by atoms with Gasteiger partial charge in [0, 0.05) is 14.5 Å². The van der Waals surface area contributed by atoms with Crippen LogP contribution in [-0.2, 0) is 9.47 Å². The number of hydrogen-bond donors (Lipinski definition) is 0. The van der Waals surface area contributed by atoms with Crippen molar-refractivity contribution >= 4 is 20.7 Å². The largest absolute Gasteiger partial charge is 0.508 e. The van der Waals surface area contributed by atoms with Crippen LogP contribution in [-0.4, -0.2) is 68.7 Å². The first-order valence-corrected chi connectivity index (χ1v) is 32.0. The Balaban J connectivity index is 5.63. The predicted molar refractivity (Wildman–Crippen MR) is 270 cm³/mol. The molecule has 0 aromatic heterocycles. The van der Waals surface area contributed by atoms with E-state index in [1.807, 2.05) is 0 Å². The lowest BCUT2D eigenvalue weighted by molar-refractivity contribution is 0.0640. The minimum atomic E-state index is -1.17. The zero-order chi connectivity index (χ0) is 42.5. The van der Waals surface area contributed by atoms with Crippen LogP contribution < -0.4 is 0 Å². The molecule has 0 heterocycles. The Hall–Kier alpha value is 0.130. The van der Waals surface area contributed by atoms with E-state index in [1.165, 1.54) is 268 Å². The van der Waals surface area contributed by atoms with E-state index in [2.05, 4.69) is 41.5 Å². The predicted octanol–water partition coefficient (Wildman–Crippen LogP) is 19.3. The summed E-state index contributed by atoms with van der Waals surface area (Å²) in [6, 6.07) is 0. The highest BCUT2D eigenvalue weighted by Crippen LogP contribution is 2.62. The second-order valence-electron chi connectivity index (χ2n) is 19.0. The zero-order valence-corrected chi connectivity index (χ0v) is 42.9. The number of carbonyl (C=O) groups is 1. The zero-order valence-electron chi connectivity index (χ0n) is 41.1. The molecule has 5 heteroatoms. The average molecular weight is 857 g/mol. The first-order valence-electron chi connectivity index (χ1n) is 27.0. The Morgan fingerprint density at radius 2 is 0.431 bits per heavy atom. The van der Waals surface area contributed by atoms with Crippen molar-refractivity contribution in [1.82, 2.24) is 0 Å². The molecule has 0 rings (SSSR count). The van der Waals surface area contributed by atoms with Crippen molar-refractivity contribution in [1.29, 1.82) is 0 Å². The van der Waals surface area contributed by atoms with Crippen LogP contribution in [0.1, 0.15) is 273 Å². The van der Waals surface area contributed by atoms with Crippen LogP contribution >= 0.6 is 14.5 Å². The van der Waals surface area contributed by atoms with Crippen molar-refractivity contribution in [3.8, 4) is 0 Å². The van der Waals surface area contributed by atoms with Crippen LogP contribution in [0.25, 0.3) is 0 Å². The Labute approximate surface area is 368 Å². The van der Waals surface area contributed by atoms with Crippen molar-refractivity contribution < 1.29 is 14.3 Å². The van der Waals surface area contributed by atoms with Crippen LogP contribution in [0.2, 0.25) is 0 Å². The number of ether oxygens (including phenoxy) is 2. The maximum atomic E-state index is 13.4. The fourth-order valence-corrected chi connectivity index (χ4v) is 18.4. The molecule has 0 unspecified atom stereocenters. The highest BCUT2D eigenvalue weighted by Gasteiger charge is 2.37. The number of rotatable bonds is 48. The summed E-state index contributed by atoms with van der Waals surface area (Å²) in [4.78, 5) is 13.4. The van der Waals surface area contributed by atoms with Gasteiger partial charge in [-0.25, -0.2) is 4.79 Å². The van der Waals surface area contributed by atoms with Crippen molar-refractivity contribution in [3.05, 3.63) is 0 Å². The van der Waals surface area contributed by atoms with Crippen molar-refractivity contribution in [3.63, 3.8) is 0 Å². The average Bonchev–Trinajstić information content (AvgIpc) is 3.22. The van der Waals surface area contributed by atoms with Gasteiger partial charge in [0.2, 0.25) is 0 Å². The van der Waals surface area contributed by atoms with E-state index in [9.17, 15) is 4.79 Å². The van der Waals surface area contributed by atoms with E-state index in [-0.39, 0.29) is 6.16 Å². The van der Waals surface area contributed by atoms with E-state index in [0.717, 1.165) is 12.3 Å². The van der Waals surface area contributed by atoms with Crippen molar-refractivity contribution in [2.75, 3.05) is 62.5 Å². The Kier molecular flexibility index (Phi) is 45.3. The molecule has 348 valence electrons. The first-order chi connectivity index (χ1) is 28.5. The van der Waals surface area contributed by atoms with Gasteiger partial charge in [0.1, 0.15) is 13.2 Å². The Morgan fingerprint density at radius 3 is 0.621 bits per heavy atom. The summed E-state index contributed by atoms with van der Waals surface area (Å²) in [6.45, 7) is 15.1. The van der Waals surface area contributed by atoms with E-state index in [4.69, 9.17) is 9.47 Å². The van der Waals surface area contributed by atoms with Gasteiger partial charge in [-0.05, 0) is 77.0 Å². The van der Waals surface area contributed by atoms with Gasteiger partial charge < -0.3 is 9.47 Å². The third-order valence-corrected chi connectivity index (χ3v) is 23.3. The summed E-state index contributed by atoms with van der Waals surface area (Å²) in [5.74, 6) is 0. The molecule has 0 fully saturated rings. The van der Waals surface area contributed by atoms with Crippen molar-refractivity contribution in [2.24, 2.45) is 0 Å². The normalized spacial score (nSPS) is 12.1. The molecular formula is C53H110O3P2+2. The summed E-state index contributed by atoms with van der Waals surface area (Å²) < 4.78 is 12.2. The standard InChI is InChI=1S/C53H110O3P2/c1-7-13-19-25-31-37-45-57(46-38-32-26-20-14-8-2,47-39-33-27-21-15-9-3)51-43-55-53(54)56-44-52-58(48-40-34-28-22-16-10-4,49-41-35-29-23-17-11-5)50-42-36-30-24-18-12-6/h7-52H2,1-6H3/q+2. The third kappa shape index (κ3) is 36.8. The second kappa shape index (κ2) is 45.2. The molecule has 0 saturated heterocycles. The summed E-state index contributed by atoms with van der Waals surface area (Å²) in [5.41, 5.74) is 0. The molecule has 0 bridgehead atoms. The lowest BCUT2D eigenvalue weighted by atomic mass is 10.1. The summed E-state index contributed by atoms with van der Waals surface area (Å²) in [6.07, 6.45) is 60.0. The molecule has 0 saturated carbocycles. The van der Waals surface area contributed by atoms with E-state index < -0.39 is 14.5 Å². The molecule has 0 aromatic rings. The Bertz CT molecular complexity index is 674. The molecule has 0 radical (unpaired) electrons. The molecule has 58 heavy (non-hydrogen) atoms. The molecule has 0 aliphatic rings. The minimum Gasteiger partial charge on any atom is -0.430 e. The SMILES string of the molecule is CCCCCCCC[P+](CCCCCCCC)(CCCCCCCC)CCOC(=O)OCC[P+](CCCCCCCC)(CCCCCCCC)CCCCCCCC. The topological polar surface area (TPSA) is 35.5 Å². The molecule has 0 aliphatic carbocycles. The van der Waals surface area contributed by atoms with Crippen LogP contribution in [0.5, 0.6) is 0 Å². The second-order valence-corrected chi connectivity index (χ2v) is 28.0. The van der Waals surface area contributed by atoms with Crippen molar-refractivity contribution in [2.45, 2.75) is 273 Å². The van der Waals surface area contributed by atoms with Crippen LogP contribution in [0.4, 0.5) is 4.79 Å². The maximum absolute atomic E-state index is 13.4. The smallest absolute Gasteiger partial charge is 0.430 e. The van der Waals surface area contributed by atoms with Gasteiger partial charge in [-0.15, -0.1) is 0 Å². The van der Waals surface area contributed by atoms with Gasteiger partial charge in [0.25, 0.3) is 0 Å². The van der Waals surface area contributed by atoms with E-state index in [0.29, 0.717) is 13.2 Å². The number of carbonyl (C=O) groups excluding carboxylic acids is 1. The van der Waals surface area contributed by atoms with Gasteiger partial charge >= 0.3 is 6.16 Å². The van der Waals surface area contributed by atoms with Gasteiger partial charge in [0.15, 0.2) is 0 Å². The molecule has 0 spiro atoms. The van der Waals surface area contributed by atoms with E-state index >= 15 is 0 Å². The lowest BCUT2D eigenvalue weighted by Crippen LogP contribution is -2.21. The highest BCUT2D eigenvalue weighted by atomic mass is 31.2. The van der Waals surface area contributed by atoms with Gasteiger partial charge in [-0.3, -0.25) is 0 Å². The molecule has 0 aliphatic heterocycles. The minimum absolute atomic E-state index is 0.367. The molecule has 0 N–H and O–H groups in total. The van der Waals surface area contributed by atoms with Crippen LogP contribution in [0.3, 0.4) is 0 Å². The fourth-order valence-electron chi connectivity index (χ4n) is 9.39. The van der Waals surface area contributed by atoms with Gasteiger partial charge in [-0.2, -0.15) is 0 Å². The van der Waals surface area contributed by atoms with Crippen LogP contribution in [0, 0.1) is 0 Å². The molecule has 3 nitrogen and oxygen atoms in total. The lowest BCUT2D eigenvalue weighted by Gasteiger charge is -2.29. The Morgan fingerprint density at radius 1 is 0.259 bits per heavy atom. The molecule has 0 amide bonds. The number of hydrogen-bond acceptors (Lipinski definition) is 3. The summed E-state index contributed by atoms with van der Waals surface area (Å²) in [7, 11) is -2.34. The van der Waals surface area contributed by atoms with Crippen LogP contribution in [0.15, 0.2) is 0 Å². The number of unbranched alkanes of at least 4 members (excludes halogenated alkanes) is 30. The van der Waals surface area contributed by atoms with E-state index in [1.54, 1.807) is 0 Å². The first kappa shape index (κ1) is 58.1. The molecule has 0 aromatic carbocycles. The van der Waals surface area contributed by atoms with Gasteiger partial charge in [-0.1, -0.05) is 196 Å².